The zero-order valence-electron chi connectivity index (χ0n) is 19.4. The number of nitrogens with zero attached hydrogens (tertiary/aromatic N) is 5. The van der Waals surface area contributed by atoms with Crippen LogP contribution in [-0.2, 0) is 4.74 Å². The molecule has 0 spiro atoms. The second-order valence-electron chi connectivity index (χ2n) is 8.47. The van der Waals surface area contributed by atoms with E-state index in [4.69, 9.17) is 24.3 Å². The summed E-state index contributed by atoms with van der Waals surface area (Å²) in [5, 5.41) is 9.10. The number of aryl methyl sites for hydroxylation is 1. The maximum atomic E-state index is 11.1. The summed E-state index contributed by atoms with van der Waals surface area (Å²) in [7, 11) is 1.77. The van der Waals surface area contributed by atoms with Crippen molar-refractivity contribution in [2.45, 2.75) is 51.7 Å². The number of anilines is 1. The topological polar surface area (TPSA) is 110 Å². The first kappa shape index (κ1) is 23.0. The maximum absolute atomic E-state index is 11.1. The lowest BCUT2D eigenvalue weighted by molar-refractivity contribution is 0.0817. The molecule has 33 heavy (non-hydrogen) atoms. The molecule has 0 bridgehead atoms. The highest BCUT2D eigenvalue weighted by Crippen LogP contribution is 2.31. The van der Waals surface area contributed by atoms with Gasteiger partial charge < -0.3 is 29.1 Å². The quantitative estimate of drug-likeness (QED) is 0.697. The molecule has 10 nitrogen and oxygen atoms in total. The molecule has 0 aromatic carbocycles. The Labute approximate surface area is 193 Å². The number of methoxy groups -OCH3 is 1. The van der Waals surface area contributed by atoms with Crippen LogP contribution in [-0.4, -0.2) is 76.5 Å². The molecule has 2 fully saturated rings. The van der Waals surface area contributed by atoms with Gasteiger partial charge in [0.1, 0.15) is 18.2 Å². The average Bonchev–Trinajstić information content (AvgIpc) is 2.83. The van der Waals surface area contributed by atoms with Gasteiger partial charge in [-0.05, 0) is 38.8 Å². The van der Waals surface area contributed by atoms with E-state index in [0.29, 0.717) is 55.1 Å². The number of ether oxygens (including phenoxy) is 3. The molecule has 1 N–H and O–H groups in total. The highest BCUT2D eigenvalue weighted by molar-refractivity contribution is 5.65. The number of pyridine rings is 1. The van der Waals surface area contributed by atoms with E-state index in [1.807, 2.05) is 26.0 Å². The molecule has 0 unspecified atom stereocenters. The molecular formula is C23H31N5O5. The molecule has 2 aliphatic rings. The molecule has 2 aromatic heterocycles. The molecule has 2 aliphatic heterocycles. The molecule has 1 amide bonds. The molecule has 4 heterocycles. The smallest absolute Gasteiger partial charge is 0.407 e. The van der Waals surface area contributed by atoms with Crippen molar-refractivity contribution < 1.29 is 24.1 Å². The van der Waals surface area contributed by atoms with E-state index in [-0.39, 0.29) is 6.10 Å². The Morgan fingerprint density at radius 3 is 2.30 bits per heavy atom. The van der Waals surface area contributed by atoms with Gasteiger partial charge in [-0.2, -0.15) is 0 Å². The molecule has 178 valence electrons. The second kappa shape index (κ2) is 10.2. The normalized spacial score (nSPS) is 17.8. The zero-order valence-corrected chi connectivity index (χ0v) is 19.4. The van der Waals surface area contributed by atoms with E-state index >= 15 is 0 Å². The summed E-state index contributed by atoms with van der Waals surface area (Å²) in [6, 6.07) is 3.89. The lowest BCUT2D eigenvalue weighted by Crippen LogP contribution is -2.41. The van der Waals surface area contributed by atoms with Crippen LogP contribution in [0.5, 0.6) is 17.5 Å². The van der Waals surface area contributed by atoms with Crippen LogP contribution in [0.4, 0.5) is 10.6 Å². The van der Waals surface area contributed by atoms with E-state index in [1.54, 1.807) is 7.11 Å². The molecule has 0 radical (unpaired) electrons. The monoisotopic (exact) mass is 457 g/mol. The number of carbonyl (C=O) groups is 1. The van der Waals surface area contributed by atoms with E-state index < -0.39 is 6.09 Å². The van der Waals surface area contributed by atoms with E-state index in [9.17, 15) is 4.79 Å². The Morgan fingerprint density at radius 2 is 1.67 bits per heavy atom. The number of likely N-dealkylation sites (tertiary alicyclic amines) is 1. The first-order chi connectivity index (χ1) is 15.9. The van der Waals surface area contributed by atoms with E-state index in [2.05, 4.69) is 14.9 Å². The Balaban J connectivity index is 1.40. The van der Waals surface area contributed by atoms with Crippen LogP contribution < -0.4 is 14.4 Å². The van der Waals surface area contributed by atoms with Crippen molar-refractivity contribution in [3.63, 3.8) is 0 Å². The van der Waals surface area contributed by atoms with Crippen LogP contribution >= 0.6 is 0 Å². The van der Waals surface area contributed by atoms with Crippen LogP contribution in [0.15, 0.2) is 18.5 Å². The molecule has 0 saturated carbocycles. The van der Waals surface area contributed by atoms with Crippen LogP contribution in [0, 0.1) is 13.8 Å². The van der Waals surface area contributed by atoms with Crippen LogP contribution in [0.3, 0.4) is 0 Å². The van der Waals surface area contributed by atoms with Crippen molar-refractivity contribution in [1.82, 2.24) is 19.9 Å². The number of aromatic nitrogens is 3. The number of amides is 1. The summed E-state index contributed by atoms with van der Waals surface area (Å²) in [6.45, 7) is 6.52. The highest BCUT2D eigenvalue weighted by atomic mass is 16.5. The molecule has 2 aromatic rings. The van der Waals surface area contributed by atoms with Crippen molar-refractivity contribution in [3.05, 3.63) is 29.7 Å². The third kappa shape index (κ3) is 5.44. The van der Waals surface area contributed by atoms with Gasteiger partial charge in [-0.3, -0.25) is 0 Å². The zero-order chi connectivity index (χ0) is 23.4. The molecule has 10 heteroatoms. The minimum Gasteiger partial charge on any atom is -0.474 e. The fourth-order valence-electron chi connectivity index (χ4n) is 4.21. The SMILES string of the molecule is COC1CCN(c2ccc(Oc3ncnc(OC4CCN(C(=O)O)CC4)c3C)c(C)n2)CC1. The van der Waals surface area contributed by atoms with Gasteiger partial charge in [-0.15, -0.1) is 0 Å². The average molecular weight is 458 g/mol. The van der Waals surface area contributed by atoms with Crippen LogP contribution in [0.25, 0.3) is 0 Å². The van der Waals surface area contributed by atoms with Gasteiger partial charge in [0.25, 0.3) is 0 Å². The van der Waals surface area contributed by atoms with Crippen molar-refractivity contribution >= 4 is 11.9 Å². The van der Waals surface area contributed by atoms with E-state index in [0.717, 1.165) is 37.4 Å². The Hall–Kier alpha value is -3.14. The number of rotatable bonds is 6. The lowest BCUT2D eigenvalue weighted by atomic mass is 10.1. The fraction of sp³-hybridized carbons (Fsp3) is 0.565. The lowest BCUT2D eigenvalue weighted by Gasteiger charge is -2.32. The molecule has 0 aliphatic carbocycles. The largest absolute Gasteiger partial charge is 0.474 e. The van der Waals surface area contributed by atoms with Gasteiger partial charge in [0, 0.05) is 46.1 Å². The van der Waals surface area contributed by atoms with Crippen LogP contribution in [0.1, 0.15) is 36.9 Å². The summed E-state index contributed by atoms with van der Waals surface area (Å²) in [6.07, 6.45) is 3.99. The second-order valence-corrected chi connectivity index (χ2v) is 8.47. The van der Waals surface area contributed by atoms with Crippen molar-refractivity contribution in [1.29, 1.82) is 0 Å². The number of carboxylic acid groups (broad SMARTS) is 1. The van der Waals surface area contributed by atoms with Crippen molar-refractivity contribution in [2.75, 3.05) is 38.2 Å². The Bertz CT molecular complexity index is 972. The molecule has 2 saturated heterocycles. The predicted octanol–water partition coefficient (Wildman–Crippen LogP) is 3.42. The Morgan fingerprint density at radius 1 is 1.00 bits per heavy atom. The van der Waals surface area contributed by atoms with Crippen molar-refractivity contribution in [2.24, 2.45) is 0 Å². The van der Waals surface area contributed by atoms with Gasteiger partial charge >= 0.3 is 6.09 Å². The van der Waals surface area contributed by atoms with Crippen molar-refractivity contribution in [3.8, 4) is 17.5 Å². The number of hydrogen-bond donors (Lipinski definition) is 1. The first-order valence-corrected chi connectivity index (χ1v) is 11.3. The standard InChI is InChI=1S/C23H31N5O5/c1-15-21(32-18-8-12-28(13-9-18)23(29)30)24-14-25-22(15)33-19-4-5-20(26-16(19)2)27-10-6-17(31-3)7-11-27/h4-5,14,17-18H,6-13H2,1-3H3,(H,29,30). The summed E-state index contributed by atoms with van der Waals surface area (Å²) < 4.78 is 17.6. The molecular weight excluding hydrogens is 426 g/mol. The fourth-order valence-corrected chi connectivity index (χ4v) is 4.21. The minimum absolute atomic E-state index is 0.0908. The number of piperidine rings is 2. The third-order valence-electron chi connectivity index (χ3n) is 6.31. The van der Waals surface area contributed by atoms with Crippen LogP contribution in [0.2, 0.25) is 0 Å². The van der Waals surface area contributed by atoms with Gasteiger partial charge in [-0.25, -0.2) is 19.7 Å². The predicted molar refractivity (Wildman–Crippen MR) is 121 cm³/mol. The maximum Gasteiger partial charge on any atom is 0.407 e. The van der Waals surface area contributed by atoms with Gasteiger partial charge in [0.2, 0.25) is 11.8 Å². The van der Waals surface area contributed by atoms with Gasteiger partial charge in [-0.1, -0.05) is 0 Å². The molecule has 4 rings (SSSR count). The highest BCUT2D eigenvalue weighted by Gasteiger charge is 2.25. The Kier molecular flexibility index (Phi) is 7.12. The summed E-state index contributed by atoms with van der Waals surface area (Å²) in [4.78, 5) is 28.1. The molecule has 0 atom stereocenters. The summed E-state index contributed by atoms with van der Waals surface area (Å²) >= 11 is 0. The first-order valence-electron chi connectivity index (χ1n) is 11.3. The van der Waals surface area contributed by atoms with Gasteiger partial charge in [0.15, 0.2) is 5.75 Å². The summed E-state index contributed by atoms with van der Waals surface area (Å²) in [5.41, 5.74) is 1.48. The van der Waals surface area contributed by atoms with E-state index in [1.165, 1.54) is 11.2 Å². The third-order valence-corrected chi connectivity index (χ3v) is 6.31. The summed E-state index contributed by atoms with van der Waals surface area (Å²) in [5.74, 6) is 2.44. The number of hydrogen-bond acceptors (Lipinski definition) is 8. The van der Waals surface area contributed by atoms with Gasteiger partial charge in [0.05, 0.1) is 17.4 Å². The minimum atomic E-state index is -0.892.